The van der Waals surface area contributed by atoms with Crippen LogP contribution in [0.15, 0.2) is 43.2 Å². The van der Waals surface area contributed by atoms with E-state index in [1.165, 1.54) is 180 Å². The largest absolute Gasteiger partial charge is 0.130 e. The fourth-order valence-electron chi connectivity index (χ4n) is 4.44. The number of unbranched alkanes of at least 4 members (excludes halogenated alkanes) is 24. The van der Waals surface area contributed by atoms with Gasteiger partial charge in [0.1, 0.15) is 0 Å². The summed E-state index contributed by atoms with van der Waals surface area (Å²) < 4.78 is 0. The molecule has 0 fully saturated rings. The second kappa shape index (κ2) is 46.8. The third-order valence-corrected chi connectivity index (χ3v) is 7.16. The normalized spacial score (nSPS) is 9.95. The maximum Gasteiger partial charge on any atom is -0.0274 e. The minimum Gasteiger partial charge on any atom is -0.130 e. The van der Waals surface area contributed by atoms with Crippen LogP contribution in [-0.4, -0.2) is 0 Å². The van der Waals surface area contributed by atoms with E-state index < -0.39 is 0 Å². The van der Waals surface area contributed by atoms with Gasteiger partial charge in [0.25, 0.3) is 0 Å². The predicted octanol–water partition coefficient (Wildman–Crippen LogP) is 15.0. The van der Waals surface area contributed by atoms with Crippen LogP contribution < -0.4 is 0 Å². The van der Waals surface area contributed by atoms with Gasteiger partial charge < -0.3 is 0 Å². The van der Waals surface area contributed by atoms with Gasteiger partial charge >= 0.3 is 0 Å². The highest BCUT2D eigenvalue weighted by molar-refractivity contribution is 4.84. The molecule has 0 unspecified atom stereocenters. The molecule has 0 spiro atoms. The number of allylic oxidation sites excluding steroid dienone is 3. The lowest BCUT2D eigenvalue weighted by atomic mass is 10.1. The molecule has 0 aromatic heterocycles. The van der Waals surface area contributed by atoms with Crippen molar-refractivity contribution in [2.24, 2.45) is 0 Å². The lowest BCUT2D eigenvalue weighted by molar-refractivity contribution is 0.610. The van der Waals surface area contributed by atoms with Gasteiger partial charge in [0.05, 0.1) is 0 Å². The minimum atomic E-state index is 1.20. The highest BCUT2D eigenvalue weighted by atomic mass is 14.0. The molecule has 0 atom stereocenters. The maximum absolute atomic E-state index is 3.69. The summed E-state index contributed by atoms with van der Waals surface area (Å²) in [6.45, 7) is 16.4. The molecule has 0 aliphatic heterocycles. The Kier molecular flexibility index (Phi) is 51.0. The van der Waals surface area contributed by atoms with Crippen molar-refractivity contribution in [3.05, 3.63) is 43.2 Å². The first-order chi connectivity index (χ1) is 19.2. The van der Waals surface area contributed by atoms with E-state index >= 15 is 0 Å². The van der Waals surface area contributed by atoms with Gasteiger partial charge in [0.2, 0.25) is 0 Å². The van der Waals surface area contributed by atoms with Crippen molar-refractivity contribution in [3.8, 4) is 0 Å². The summed E-state index contributed by atoms with van der Waals surface area (Å²) in [6, 6.07) is 0. The zero-order valence-electron chi connectivity index (χ0n) is 28.0. The zero-order valence-corrected chi connectivity index (χ0v) is 28.0. The molecular weight excluding hydrogens is 468 g/mol. The Bertz CT molecular complexity index is 424. The summed E-state index contributed by atoms with van der Waals surface area (Å²) in [5.41, 5.74) is 3.34. The average molecular weight is 545 g/mol. The third-order valence-electron chi connectivity index (χ3n) is 7.16. The van der Waals surface area contributed by atoms with Crippen LogP contribution in [0.1, 0.15) is 207 Å². The van der Waals surface area contributed by atoms with Crippen LogP contribution in [0.5, 0.6) is 0 Å². The van der Waals surface area contributed by atoms with Crippen LogP contribution in [0, 0.1) is 0 Å². The fourth-order valence-corrected chi connectivity index (χ4v) is 4.44. The molecule has 0 saturated carbocycles. The van der Waals surface area contributed by atoms with Crippen molar-refractivity contribution < 1.29 is 0 Å². The SMILES string of the molecule is C=CCCCCCCCC.C=CCCCCCCCC.CCCCCCCCC=C=CCCCCCCCC. The predicted molar refractivity (Wildman–Crippen MR) is 185 cm³/mol. The summed E-state index contributed by atoms with van der Waals surface area (Å²) in [5, 5.41) is 0. The molecule has 0 aromatic carbocycles. The Morgan fingerprint density at radius 2 is 0.564 bits per heavy atom. The summed E-state index contributed by atoms with van der Waals surface area (Å²) in [4.78, 5) is 0. The molecule has 0 N–H and O–H groups in total. The van der Waals surface area contributed by atoms with E-state index in [-0.39, 0.29) is 0 Å². The third kappa shape index (κ3) is 53.9. The van der Waals surface area contributed by atoms with Crippen molar-refractivity contribution in [1.82, 2.24) is 0 Å². The van der Waals surface area contributed by atoms with Crippen molar-refractivity contribution in [2.45, 2.75) is 207 Å². The molecule has 0 aromatic rings. The van der Waals surface area contributed by atoms with E-state index in [2.05, 4.69) is 58.7 Å². The van der Waals surface area contributed by atoms with E-state index in [0.717, 1.165) is 0 Å². The van der Waals surface area contributed by atoms with Crippen LogP contribution in [0.2, 0.25) is 0 Å². The standard InChI is InChI=1S/C19H36.2C10H20/c1-3-5-7-9-11-13-15-17-19-18-16-14-12-10-8-6-4-2;2*1-3-5-7-9-10-8-6-4-2/h17-18H,3-16H2,1-2H3;2*3H,1,4-10H2,2H3. The summed E-state index contributed by atoms with van der Waals surface area (Å²) in [6.07, 6.45) is 46.7. The second-order valence-electron chi connectivity index (χ2n) is 11.4. The van der Waals surface area contributed by atoms with Crippen LogP contribution in [0.25, 0.3) is 0 Å². The number of rotatable bonds is 28. The topological polar surface area (TPSA) is 0 Å². The van der Waals surface area contributed by atoms with Gasteiger partial charge in [-0.2, -0.15) is 0 Å². The van der Waals surface area contributed by atoms with Gasteiger partial charge in [-0.15, -0.1) is 18.9 Å². The lowest BCUT2D eigenvalue weighted by Gasteiger charge is -1.97. The zero-order chi connectivity index (χ0) is 29.3. The van der Waals surface area contributed by atoms with E-state index in [1.807, 2.05) is 12.2 Å². The Morgan fingerprint density at radius 1 is 0.333 bits per heavy atom. The van der Waals surface area contributed by atoms with Gasteiger partial charge in [0.15, 0.2) is 0 Å². The molecule has 0 radical (unpaired) electrons. The number of hydrogen-bond acceptors (Lipinski definition) is 0. The van der Waals surface area contributed by atoms with E-state index in [0.29, 0.717) is 0 Å². The Morgan fingerprint density at radius 3 is 0.821 bits per heavy atom. The molecule has 0 rings (SSSR count). The highest BCUT2D eigenvalue weighted by Gasteiger charge is 1.89. The van der Waals surface area contributed by atoms with Crippen molar-refractivity contribution >= 4 is 0 Å². The molecule has 232 valence electrons. The van der Waals surface area contributed by atoms with Gasteiger partial charge in [-0.25, -0.2) is 0 Å². The van der Waals surface area contributed by atoms with Crippen molar-refractivity contribution in [1.29, 1.82) is 0 Å². The monoisotopic (exact) mass is 545 g/mol. The minimum absolute atomic E-state index is 1.20. The molecule has 0 saturated heterocycles. The first-order valence-corrected chi connectivity index (χ1v) is 17.9. The maximum atomic E-state index is 3.69. The van der Waals surface area contributed by atoms with Gasteiger partial charge in [-0.05, 0) is 63.5 Å². The quantitative estimate of drug-likeness (QED) is 0.0522. The Balaban J connectivity index is -0.000000547. The highest BCUT2D eigenvalue weighted by Crippen LogP contribution is 2.09. The van der Waals surface area contributed by atoms with E-state index in [1.54, 1.807) is 0 Å². The van der Waals surface area contributed by atoms with Gasteiger partial charge in [-0.3, -0.25) is 0 Å². The molecule has 39 heavy (non-hydrogen) atoms. The van der Waals surface area contributed by atoms with E-state index in [9.17, 15) is 0 Å². The molecule has 0 bridgehead atoms. The lowest BCUT2D eigenvalue weighted by Crippen LogP contribution is -1.77. The van der Waals surface area contributed by atoms with Gasteiger partial charge in [0, 0.05) is 0 Å². The average Bonchev–Trinajstić information content (AvgIpc) is 2.95. The summed E-state index contributed by atoms with van der Waals surface area (Å²) in [7, 11) is 0. The summed E-state index contributed by atoms with van der Waals surface area (Å²) >= 11 is 0. The van der Waals surface area contributed by atoms with Crippen LogP contribution in [0.3, 0.4) is 0 Å². The molecule has 0 heterocycles. The van der Waals surface area contributed by atoms with E-state index in [4.69, 9.17) is 0 Å². The van der Waals surface area contributed by atoms with Gasteiger partial charge in [-0.1, -0.05) is 168 Å². The first-order valence-electron chi connectivity index (χ1n) is 17.9. The molecule has 0 amide bonds. The smallest absolute Gasteiger partial charge is 0.0274 e. The summed E-state index contributed by atoms with van der Waals surface area (Å²) in [5.74, 6) is 0. The molecule has 0 aliphatic carbocycles. The Labute approximate surface area is 250 Å². The van der Waals surface area contributed by atoms with Crippen LogP contribution in [-0.2, 0) is 0 Å². The molecule has 0 heteroatoms. The molecule has 0 aliphatic rings. The van der Waals surface area contributed by atoms with Crippen molar-refractivity contribution in [3.63, 3.8) is 0 Å². The Hall–Kier alpha value is -1.00. The first kappa shape index (κ1) is 42.5. The fraction of sp³-hybridized carbons (Fsp3) is 0.821. The van der Waals surface area contributed by atoms with Crippen molar-refractivity contribution in [2.75, 3.05) is 0 Å². The van der Waals surface area contributed by atoms with Crippen LogP contribution in [0.4, 0.5) is 0 Å². The molecular formula is C39H76. The number of hydrogen-bond donors (Lipinski definition) is 0. The second-order valence-corrected chi connectivity index (χ2v) is 11.4. The molecule has 0 nitrogen and oxygen atoms in total. The van der Waals surface area contributed by atoms with Crippen LogP contribution >= 0.6 is 0 Å².